The molecule has 0 spiro atoms. The van der Waals surface area contributed by atoms with Gasteiger partial charge in [-0.3, -0.25) is 0 Å². The molecular formula is C12H23NO2. The van der Waals surface area contributed by atoms with Crippen LogP contribution in [0.5, 0.6) is 0 Å². The van der Waals surface area contributed by atoms with Gasteiger partial charge in [0.15, 0.2) is 0 Å². The lowest BCUT2D eigenvalue weighted by Gasteiger charge is -2.39. The summed E-state index contributed by atoms with van der Waals surface area (Å²) in [5.74, 6) is 0.811. The molecule has 0 amide bonds. The molecule has 1 heterocycles. The van der Waals surface area contributed by atoms with Crippen molar-refractivity contribution in [2.75, 3.05) is 19.8 Å². The summed E-state index contributed by atoms with van der Waals surface area (Å²) < 4.78 is 11.2. The number of hydrogen-bond acceptors (Lipinski definition) is 3. The molecule has 0 aromatic rings. The van der Waals surface area contributed by atoms with Crippen LogP contribution in [0.1, 0.15) is 33.1 Å². The summed E-state index contributed by atoms with van der Waals surface area (Å²) in [5.41, 5.74) is 0. The van der Waals surface area contributed by atoms with Crippen LogP contribution < -0.4 is 5.32 Å². The normalized spacial score (nSPS) is 37.6. The van der Waals surface area contributed by atoms with E-state index in [9.17, 15) is 0 Å². The number of rotatable bonds is 4. The van der Waals surface area contributed by atoms with Crippen molar-refractivity contribution in [1.82, 2.24) is 5.32 Å². The Labute approximate surface area is 92.5 Å². The third kappa shape index (κ3) is 2.92. The van der Waals surface area contributed by atoms with E-state index >= 15 is 0 Å². The van der Waals surface area contributed by atoms with E-state index in [1.165, 1.54) is 19.3 Å². The van der Waals surface area contributed by atoms with Crippen LogP contribution in [0.25, 0.3) is 0 Å². The van der Waals surface area contributed by atoms with E-state index in [2.05, 4.69) is 19.2 Å². The first-order valence-corrected chi connectivity index (χ1v) is 6.26. The average Bonchev–Trinajstić information content (AvgIpc) is 2.16. The summed E-state index contributed by atoms with van der Waals surface area (Å²) in [7, 11) is 0. The molecule has 0 aromatic heterocycles. The van der Waals surface area contributed by atoms with Crippen LogP contribution in [0.15, 0.2) is 0 Å². The highest BCUT2D eigenvalue weighted by atomic mass is 16.6. The number of hydrogen-bond donors (Lipinski definition) is 1. The van der Waals surface area contributed by atoms with Gasteiger partial charge in [0, 0.05) is 6.04 Å². The molecule has 2 rings (SSSR count). The predicted molar refractivity (Wildman–Crippen MR) is 60.0 cm³/mol. The molecule has 0 bridgehead atoms. The van der Waals surface area contributed by atoms with Crippen molar-refractivity contribution in [2.45, 2.75) is 51.4 Å². The fourth-order valence-electron chi connectivity index (χ4n) is 2.51. The summed E-state index contributed by atoms with van der Waals surface area (Å²) in [6.45, 7) is 7.13. The minimum Gasteiger partial charge on any atom is -0.376 e. The summed E-state index contributed by atoms with van der Waals surface area (Å²) >= 11 is 0. The van der Waals surface area contributed by atoms with Crippen LogP contribution in [0, 0.1) is 5.92 Å². The molecule has 3 unspecified atom stereocenters. The summed E-state index contributed by atoms with van der Waals surface area (Å²) in [4.78, 5) is 0. The quantitative estimate of drug-likeness (QED) is 0.769. The second-order valence-electron chi connectivity index (χ2n) is 4.92. The first-order valence-electron chi connectivity index (χ1n) is 6.26. The fourth-order valence-corrected chi connectivity index (χ4v) is 2.51. The molecule has 1 saturated carbocycles. The van der Waals surface area contributed by atoms with Crippen molar-refractivity contribution in [1.29, 1.82) is 0 Å². The van der Waals surface area contributed by atoms with Crippen molar-refractivity contribution >= 4 is 0 Å². The summed E-state index contributed by atoms with van der Waals surface area (Å²) in [6, 6.07) is 0.562. The molecule has 15 heavy (non-hydrogen) atoms. The zero-order chi connectivity index (χ0) is 10.7. The van der Waals surface area contributed by atoms with Gasteiger partial charge in [-0.05, 0) is 31.7 Å². The van der Waals surface area contributed by atoms with Gasteiger partial charge >= 0.3 is 0 Å². The van der Waals surface area contributed by atoms with E-state index in [1.807, 2.05) is 0 Å². The maximum atomic E-state index is 6.08. The largest absolute Gasteiger partial charge is 0.376 e. The molecule has 0 aromatic carbocycles. The van der Waals surface area contributed by atoms with E-state index in [0.29, 0.717) is 18.2 Å². The van der Waals surface area contributed by atoms with Crippen molar-refractivity contribution < 1.29 is 9.47 Å². The molecule has 3 atom stereocenters. The van der Waals surface area contributed by atoms with Gasteiger partial charge in [-0.25, -0.2) is 0 Å². The van der Waals surface area contributed by atoms with E-state index in [1.54, 1.807) is 0 Å². The first-order chi connectivity index (χ1) is 7.29. The van der Waals surface area contributed by atoms with Crippen molar-refractivity contribution in [3.63, 3.8) is 0 Å². The lowest BCUT2D eigenvalue weighted by atomic mass is 9.85. The van der Waals surface area contributed by atoms with Crippen LogP contribution in [-0.2, 0) is 9.47 Å². The van der Waals surface area contributed by atoms with E-state index in [4.69, 9.17) is 9.47 Å². The second-order valence-corrected chi connectivity index (χ2v) is 4.92. The molecular weight excluding hydrogens is 190 g/mol. The maximum absolute atomic E-state index is 6.08. The van der Waals surface area contributed by atoms with E-state index in [-0.39, 0.29) is 0 Å². The van der Waals surface area contributed by atoms with Gasteiger partial charge in [0.1, 0.15) is 6.10 Å². The standard InChI is InChI=1S/C12H23NO2/c1-3-13-11-5-4-9(2)6-12(11)15-10-7-14-8-10/h9-13H,3-8H2,1-2H3. The Kier molecular flexibility index (Phi) is 4.00. The van der Waals surface area contributed by atoms with E-state index < -0.39 is 0 Å². The monoisotopic (exact) mass is 213 g/mol. The van der Waals surface area contributed by atoms with Gasteiger partial charge < -0.3 is 14.8 Å². The predicted octanol–water partition coefficient (Wildman–Crippen LogP) is 1.57. The molecule has 3 heteroatoms. The van der Waals surface area contributed by atoms with Crippen LogP contribution in [-0.4, -0.2) is 38.0 Å². The molecule has 1 aliphatic heterocycles. The van der Waals surface area contributed by atoms with Crippen molar-refractivity contribution in [3.8, 4) is 0 Å². The summed E-state index contributed by atoms with van der Waals surface area (Å²) in [6.07, 6.45) is 4.56. The molecule has 88 valence electrons. The number of ether oxygens (including phenoxy) is 2. The highest BCUT2D eigenvalue weighted by Crippen LogP contribution is 2.28. The molecule has 1 saturated heterocycles. The van der Waals surface area contributed by atoms with E-state index in [0.717, 1.165) is 25.7 Å². The number of nitrogens with one attached hydrogen (secondary N) is 1. The zero-order valence-corrected chi connectivity index (χ0v) is 9.87. The molecule has 2 aliphatic rings. The minimum absolute atomic E-state index is 0.362. The van der Waals surface area contributed by atoms with Crippen LogP contribution in [0.3, 0.4) is 0 Å². The van der Waals surface area contributed by atoms with Gasteiger partial charge in [-0.15, -0.1) is 0 Å². The Balaban J connectivity index is 1.83. The Morgan fingerprint density at radius 1 is 1.33 bits per heavy atom. The Bertz CT molecular complexity index is 194. The van der Waals surface area contributed by atoms with Gasteiger partial charge in [0.25, 0.3) is 0 Å². The third-order valence-corrected chi connectivity index (χ3v) is 3.49. The van der Waals surface area contributed by atoms with Crippen molar-refractivity contribution in [2.24, 2.45) is 5.92 Å². The average molecular weight is 213 g/mol. The first kappa shape index (κ1) is 11.4. The second kappa shape index (κ2) is 5.28. The fraction of sp³-hybridized carbons (Fsp3) is 1.00. The Hall–Kier alpha value is -0.120. The smallest absolute Gasteiger partial charge is 0.105 e. The molecule has 3 nitrogen and oxygen atoms in total. The van der Waals surface area contributed by atoms with Gasteiger partial charge in [0.2, 0.25) is 0 Å². The highest BCUT2D eigenvalue weighted by molar-refractivity contribution is 4.85. The van der Waals surface area contributed by atoms with Crippen LogP contribution >= 0.6 is 0 Å². The van der Waals surface area contributed by atoms with Gasteiger partial charge in [-0.1, -0.05) is 13.8 Å². The maximum Gasteiger partial charge on any atom is 0.105 e. The molecule has 2 fully saturated rings. The molecule has 1 N–H and O–H groups in total. The lowest BCUT2D eigenvalue weighted by molar-refractivity contribution is -0.168. The van der Waals surface area contributed by atoms with Crippen LogP contribution in [0.4, 0.5) is 0 Å². The van der Waals surface area contributed by atoms with Gasteiger partial charge in [0.05, 0.1) is 19.3 Å². The summed E-state index contributed by atoms with van der Waals surface area (Å²) in [5, 5.41) is 3.54. The van der Waals surface area contributed by atoms with Crippen LogP contribution in [0.2, 0.25) is 0 Å². The lowest BCUT2D eigenvalue weighted by Crippen LogP contribution is -2.49. The number of likely N-dealkylation sites (N-methyl/N-ethyl adjacent to an activating group) is 1. The SMILES string of the molecule is CCNC1CCC(C)CC1OC1COC1. The topological polar surface area (TPSA) is 30.5 Å². The minimum atomic E-state index is 0.362. The molecule has 0 radical (unpaired) electrons. The highest BCUT2D eigenvalue weighted by Gasteiger charge is 2.32. The van der Waals surface area contributed by atoms with Gasteiger partial charge in [-0.2, -0.15) is 0 Å². The Morgan fingerprint density at radius 3 is 2.73 bits per heavy atom. The Morgan fingerprint density at radius 2 is 2.13 bits per heavy atom. The third-order valence-electron chi connectivity index (χ3n) is 3.49. The molecule has 1 aliphatic carbocycles. The van der Waals surface area contributed by atoms with Crippen molar-refractivity contribution in [3.05, 3.63) is 0 Å². The zero-order valence-electron chi connectivity index (χ0n) is 9.87.